The molecule has 5 heteroatoms. The molecule has 0 atom stereocenters. The third-order valence-electron chi connectivity index (χ3n) is 2.91. The largest absolute Gasteiger partial charge is 0.243 e. The van der Waals surface area contributed by atoms with E-state index in [0.29, 0.717) is 11.4 Å². The Balaban J connectivity index is 2.25. The predicted molar refractivity (Wildman–Crippen MR) is 79.7 cm³/mol. The lowest BCUT2D eigenvalue weighted by atomic mass is 10.2. The van der Waals surface area contributed by atoms with Crippen LogP contribution in [0.1, 0.15) is 12.0 Å². The summed E-state index contributed by atoms with van der Waals surface area (Å²) in [6.07, 6.45) is 0.860. The zero-order valence-corrected chi connectivity index (χ0v) is 12.6. The summed E-state index contributed by atoms with van der Waals surface area (Å²) in [5.41, 5.74) is 1.06. The van der Waals surface area contributed by atoms with Crippen LogP contribution in [0.25, 0.3) is 0 Å². The van der Waals surface area contributed by atoms with E-state index in [0.717, 1.165) is 23.5 Å². The van der Waals surface area contributed by atoms with Crippen molar-refractivity contribution in [2.24, 2.45) is 0 Å². The Hall–Kier alpha value is -0.960. The Morgan fingerprint density at radius 3 is 2.68 bits per heavy atom. The Morgan fingerprint density at radius 1 is 1.21 bits per heavy atom. The molecule has 0 amide bonds. The molecule has 0 aromatic heterocycles. The van der Waals surface area contributed by atoms with Crippen molar-refractivity contribution in [1.29, 1.82) is 0 Å². The fraction of sp³-hybridized carbons (Fsp3) is 0.429. The molecule has 0 N–H and O–H groups in total. The molecule has 1 aliphatic rings. The van der Waals surface area contributed by atoms with Gasteiger partial charge in [-0.2, -0.15) is 4.31 Å². The van der Waals surface area contributed by atoms with Gasteiger partial charge in [-0.1, -0.05) is 29.5 Å². The fourth-order valence-corrected chi connectivity index (χ4v) is 3.87. The first-order valence-electron chi connectivity index (χ1n) is 6.21. The van der Waals surface area contributed by atoms with Gasteiger partial charge in [0.05, 0.1) is 17.2 Å². The van der Waals surface area contributed by atoms with Crippen molar-refractivity contribution in [3.63, 3.8) is 0 Å². The highest BCUT2D eigenvalue weighted by molar-refractivity contribution is 7.99. The van der Waals surface area contributed by atoms with E-state index in [1.807, 2.05) is 19.1 Å². The monoisotopic (exact) mass is 295 g/mol. The third kappa shape index (κ3) is 3.75. The number of benzene rings is 1. The van der Waals surface area contributed by atoms with E-state index in [4.69, 9.17) is 0 Å². The van der Waals surface area contributed by atoms with Gasteiger partial charge in [-0.25, -0.2) is 8.42 Å². The summed E-state index contributed by atoms with van der Waals surface area (Å²) >= 11 is 1.76. The number of nitrogens with zero attached hydrogens (tertiary/aromatic N) is 1. The van der Waals surface area contributed by atoms with E-state index in [9.17, 15) is 8.42 Å². The molecule has 1 aromatic carbocycles. The molecule has 0 unspecified atom stereocenters. The van der Waals surface area contributed by atoms with Gasteiger partial charge in [0.2, 0.25) is 10.0 Å². The van der Waals surface area contributed by atoms with E-state index >= 15 is 0 Å². The van der Waals surface area contributed by atoms with Crippen LogP contribution < -0.4 is 0 Å². The molecule has 1 heterocycles. The maximum Gasteiger partial charge on any atom is 0.243 e. The molecule has 0 radical (unpaired) electrons. The van der Waals surface area contributed by atoms with E-state index in [1.165, 1.54) is 4.31 Å². The van der Waals surface area contributed by atoms with Crippen molar-refractivity contribution in [2.75, 3.05) is 24.6 Å². The summed E-state index contributed by atoms with van der Waals surface area (Å²) in [6, 6.07) is 6.98. The van der Waals surface area contributed by atoms with Gasteiger partial charge in [0.25, 0.3) is 0 Å². The molecule has 0 saturated heterocycles. The maximum absolute atomic E-state index is 12.5. The number of aryl methyl sites for hydroxylation is 1. The quantitative estimate of drug-likeness (QED) is 0.784. The second kappa shape index (κ2) is 6.47. The zero-order valence-electron chi connectivity index (χ0n) is 10.9. The average molecular weight is 295 g/mol. The van der Waals surface area contributed by atoms with Crippen molar-refractivity contribution in [1.82, 2.24) is 4.31 Å². The van der Waals surface area contributed by atoms with Crippen LogP contribution in [0.4, 0.5) is 0 Å². The number of hydrogen-bond donors (Lipinski definition) is 0. The summed E-state index contributed by atoms with van der Waals surface area (Å²) in [6.45, 7) is 2.77. The van der Waals surface area contributed by atoms with Crippen molar-refractivity contribution in [3.05, 3.63) is 29.8 Å². The van der Waals surface area contributed by atoms with Gasteiger partial charge in [-0.05, 0) is 31.2 Å². The standard InChI is InChI=1S/C14H17NO2S2/c1-13-5-7-14(8-6-13)19(16,17)15-9-2-3-11-18-12-4-10-15/h5-8H,4,9-12H2,1H3. The van der Waals surface area contributed by atoms with Crippen LogP contribution in [0.2, 0.25) is 0 Å². The Bertz CT molecular complexity index is 582. The summed E-state index contributed by atoms with van der Waals surface area (Å²) in [5.74, 6) is 7.68. The first-order valence-corrected chi connectivity index (χ1v) is 8.80. The minimum Gasteiger partial charge on any atom is -0.207 e. The third-order valence-corrected chi connectivity index (χ3v) is 5.69. The van der Waals surface area contributed by atoms with Gasteiger partial charge in [-0.15, -0.1) is 11.8 Å². The summed E-state index contributed by atoms with van der Waals surface area (Å²) in [4.78, 5) is 0.354. The minimum absolute atomic E-state index is 0.288. The van der Waals surface area contributed by atoms with E-state index in [-0.39, 0.29) is 6.54 Å². The smallest absolute Gasteiger partial charge is 0.207 e. The van der Waals surface area contributed by atoms with Crippen LogP contribution >= 0.6 is 11.8 Å². The second-order valence-electron chi connectivity index (χ2n) is 4.41. The number of thioether (sulfide) groups is 1. The number of hydrogen-bond acceptors (Lipinski definition) is 3. The predicted octanol–water partition coefficient (Wildman–Crippen LogP) is 2.13. The minimum atomic E-state index is -3.41. The first-order chi connectivity index (χ1) is 9.10. The van der Waals surface area contributed by atoms with Gasteiger partial charge in [0.1, 0.15) is 0 Å². The molecule has 0 fully saturated rings. The lowest BCUT2D eigenvalue weighted by Gasteiger charge is -2.19. The molecule has 1 aromatic rings. The van der Waals surface area contributed by atoms with E-state index in [1.54, 1.807) is 23.9 Å². The maximum atomic E-state index is 12.5. The van der Waals surface area contributed by atoms with Crippen molar-refractivity contribution in [3.8, 4) is 11.8 Å². The molecule has 0 bridgehead atoms. The van der Waals surface area contributed by atoms with E-state index in [2.05, 4.69) is 11.8 Å². The molecular formula is C14H17NO2S2. The van der Waals surface area contributed by atoms with Crippen molar-refractivity contribution >= 4 is 21.8 Å². The fourth-order valence-electron chi connectivity index (χ4n) is 1.80. The van der Waals surface area contributed by atoms with Crippen LogP contribution in [0.5, 0.6) is 0 Å². The zero-order chi connectivity index (χ0) is 13.7. The SMILES string of the molecule is Cc1ccc(S(=O)(=O)N2CC#CCSCCC2)cc1. The van der Waals surface area contributed by atoms with Crippen LogP contribution in [-0.4, -0.2) is 37.3 Å². The second-order valence-corrected chi connectivity index (χ2v) is 7.45. The molecule has 3 nitrogen and oxygen atoms in total. The van der Waals surface area contributed by atoms with Crippen molar-refractivity contribution < 1.29 is 8.42 Å². The van der Waals surface area contributed by atoms with Crippen LogP contribution in [0, 0.1) is 18.8 Å². The highest BCUT2D eigenvalue weighted by Crippen LogP contribution is 2.17. The molecule has 2 rings (SSSR count). The first kappa shape index (κ1) is 14.4. The number of sulfonamides is 1. The molecule has 0 spiro atoms. The van der Waals surface area contributed by atoms with Gasteiger partial charge < -0.3 is 0 Å². The molecular weight excluding hydrogens is 278 g/mol. The van der Waals surface area contributed by atoms with Crippen LogP contribution in [0.3, 0.4) is 0 Å². The van der Waals surface area contributed by atoms with Gasteiger partial charge in [-0.3, -0.25) is 0 Å². The summed E-state index contributed by atoms with van der Waals surface area (Å²) in [7, 11) is -3.41. The Kier molecular flexibility index (Phi) is 4.92. The van der Waals surface area contributed by atoms with Gasteiger partial charge >= 0.3 is 0 Å². The van der Waals surface area contributed by atoms with Gasteiger partial charge in [0, 0.05) is 6.54 Å². The summed E-state index contributed by atoms with van der Waals surface area (Å²) in [5, 5.41) is 0. The summed E-state index contributed by atoms with van der Waals surface area (Å²) < 4.78 is 26.5. The van der Waals surface area contributed by atoms with Crippen LogP contribution in [-0.2, 0) is 10.0 Å². The van der Waals surface area contributed by atoms with E-state index < -0.39 is 10.0 Å². The lowest BCUT2D eigenvalue weighted by molar-refractivity contribution is 0.447. The molecule has 0 aliphatic carbocycles. The van der Waals surface area contributed by atoms with Crippen LogP contribution in [0.15, 0.2) is 29.2 Å². The van der Waals surface area contributed by atoms with Crippen molar-refractivity contribution in [2.45, 2.75) is 18.2 Å². The van der Waals surface area contributed by atoms with Gasteiger partial charge in [0.15, 0.2) is 0 Å². The molecule has 102 valence electrons. The Morgan fingerprint density at radius 2 is 1.95 bits per heavy atom. The normalized spacial score (nSPS) is 17.7. The lowest BCUT2D eigenvalue weighted by Crippen LogP contribution is -2.32. The highest BCUT2D eigenvalue weighted by Gasteiger charge is 2.23. The topological polar surface area (TPSA) is 37.4 Å². The number of rotatable bonds is 2. The Labute approximate surface area is 119 Å². The molecule has 0 saturated carbocycles. The average Bonchev–Trinajstić information content (AvgIpc) is 2.52. The highest BCUT2D eigenvalue weighted by atomic mass is 32.2. The molecule has 19 heavy (non-hydrogen) atoms. The molecule has 1 aliphatic heterocycles.